The Morgan fingerprint density at radius 3 is 2.41 bits per heavy atom. The van der Waals surface area contributed by atoms with Crippen molar-refractivity contribution >= 4 is 11.8 Å². The number of benzene rings is 2. The van der Waals surface area contributed by atoms with Crippen molar-refractivity contribution in [3.05, 3.63) is 71.3 Å². The number of rotatable bonds is 8. The van der Waals surface area contributed by atoms with E-state index < -0.39 is 6.04 Å². The molecule has 1 saturated heterocycles. The molecule has 182 valence electrons. The van der Waals surface area contributed by atoms with Crippen molar-refractivity contribution in [2.75, 3.05) is 13.6 Å². The fourth-order valence-corrected chi connectivity index (χ4v) is 5.56. The zero-order valence-electron chi connectivity index (χ0n) is 20.6. The van der Waals surface area contributed by atoms with Crippen LogP contribution in [0.1, 0.15) is 74.6 Å². The topological polar surface area (TPSA) is 61.4 Å². The lowest BCUT2D eigenvalue weighted by Crippen LogP contribution is -2.55. The van der Waals surface area contributed by atoms with E-state index in [0.717, 1.165) is 51.5 Å². The van der Waals surface area contributed by atoms with Crippen LogP contribution in [0, 0.1) is 5.92 Å². The number of hydrogen-bond donors (Lipinski definition) is 2. The van der Waals surface area contributed by atoms with Gasteiger partial charge in [-0.15, -0.1) is 0 Å². The number of likely N-dealkylation sites (tertiary alicyclic amines) is 1. The quantitative estimate of drug-likeness (QED) is 0.603. The van der Waals surface area contributed by atoms with Crippen molar-refractivity contribution < 1.29 is 9.59 Å². The minimum absolute atomic E-state index is 0.0768. The first-order valence-corrected chi connectivity index (χ1v) is 13.0. The van der Waals surface area contributed by atoms with Gasteiger partial charge in [0.1, 0.15) is 6.04 Å². The minimum atomic E-state index is -0.434. The number of carbonyl (C=O) groups excluding carboxylic acids is 2. The Bertz CT molecular complexity index is 955. The molecule has 2 amide bonds. The van der Waals surface area contributed by atoms with Crippen molar-refractivity contribution in [3.8, 4) is 0 Å². The summed E-state index contributed by atoms with van der Waals surface area (Å²) in [6, 6.07) is 18.5. The third-order valence-corrected chi connectivity index (χ3v) is 7.63. The van der Waals surface area contributed by atoms with Gasteiger partial charge in [0.25, 0.3) is 0 Å². The van der Waals surface area contributed by atoms with Gasteiger partial charge in [-0.3, -0.25) is 9.59 Å². The summed E-state index contributed by atoms with van der Waals surface area (Å²) in [6.07, 6.45) is 8.37. The second-order valence-electron chi connectivity index (χ2n) is 9.99. The standard InChI is InChI=1S/C29H39N3O2/c1-21(30-2)28(33)31-27(24-14-7-4-8-15-24)29(34)32-18-10-17-26(32)25-16-9-13-23(20-25)19-22-11-5-3-6-12-22/h3,5-6,9,11-13,16,20-21,24,26-27,30H,4,7-8,10,14-15,17-19H2,1-2H3,(H,31,33)/t21-,26?,27-/m0/s1. The van der Waals surface area contributed by atoms with Crippen molar-refractivity contribution in [1.82, 2.24) is 15.5 Å². The lowest BCUT2D eigenvalue weighted by Gasteiger charge is -2.35. The number of nitrogens with one attached hydrogen (secondary N) is 2. The Labute approximate surface area is 204 Å². The molecule has 1 heterocycles. The molecule has 1 unspecified atom stereocenters. The summed E-state index contributed by atoms with van der Waals surface area (Å²) in [4.78, 5) is 28.8. The smallest absolute Gasteiger partial charge is 0.245 e. The van der Waals surface area contributed by atoms with Crippen molar-refractivity contribution in [2.24, 2.45) is 5.92 Å². The highest BCUT2D eigenvalue weighted by atomic mass is 16.2. The van der Waals surface area contributed by atoms with Gasteiger partial charge in [0.2, 0.25) is 11.8 Å². The molecule has 0 aromatic heterocycles. The molecular formula is C29H39N3O2. The molecule has 5 nitrogen and oxygen atoms in total. The maximum Gasteiger partial charge on any atom is 0.245 e. The van der Waals surface area contributed by atoms with Crippen molar-refractivity contribution in [1.29, 1.82) is 0 Å². The molecule has 2 aromatic carbocycles. The first kappa shape index (κ1) is 24.5. The average Bonchev–Trinajstić information content (AvgIpc) is 3.38. The highest BCUT2D eigenvalue weighted by Gasteiger charge is 2.39. The Kier molecular flexibility index (Phi) is 8.39. The van der Waals surface area contributed by atoms with Crippen LogP contribution < -0.4 is 10.6 Å². The highest BCUT2D eigenvalue weighted by molar-refractivity contribution is 5.90. The number of hydrogen-bond acceptors (Lipinski definition) is 3. The van der Waals surface area contributed by atoms with Crippen LogP contribution in [-0.2, 0) is 16.0 Å². The number of nitrogens with zero attached hydrogens (tertiary/aromatic N) is 1. The molecule has 2 fully saturated rings. The predicted octanol–water partition coefficient (Wildman–Crippen LogP) is 4.61. The number of carbonyl (C=O) groups is 2. The Morgan fingerprint density at radius 1 is 0.941 bits per heavy atom. The van der Waals surface area contributed by atoms with Gasteiger partial charge < -0.3 is 15.5 Å². The van der Waals surface area contributed by atoms with E-state index in [4.69, 9.17) is 0 Å². The van der Waals surface area contributed by atoms with Crippen LogP contribution in [0.5, 0.6) is 0 Å². The molecule has 1 aliphatic heterocycles. The first-order chi connectivity index (χ1) is 16.6. The third kappa shape index (κ3) is 5.87. The second kappa shape index (κ2) is 11.7. The Hall–Kier alpha value is -2.66. The largest absolute Gasteiger partial charge is 0.343 e. The fourth-order valence-electron chi connectivity index (χ4n) is 5.56. The van der Waals surface area contributed by atoms with Gasteiger partial charge in [0, 0.05) is 6.54 Å². The first-order valence-electron chi connectivity index (χ1n) is 13.0. The molecular weight excluding hydrogens is 422 g/mol. The lowest BCUT2D eigenvalue weighted by atomic mass is 9.83. The minimum Gasteiger partial charge on any atom is -0.343 e. The predicted molar refractivity (Wildman–Crippen MR) is 136 cm³/mol. The van der Waals surface area contributed by atoms with Gasteiger partial charge in [-0.05, 0) is 68.7 Å². The molecule has 0 radical (unpaired) electrons. The van der Waals surface area contributed by atoms with Crippen molar-refractivity contribution in [3.63, 3.8) is 0 Å². The second-order valence-corrected chi connectivity index (χ2v) is 9.99. The van der Waals surface area contributed by atoms with E-state index >= 15 is 0 Å². The highest BCUT2D eigenvalue weighted by Crippen LogP contribution is 2.35. The number of amides is 2. The Balaban J connectivity index is 1.53. The van der Waals surface area contributed by atoms with Gasteiger partial charge in [-0.1, -0.05) is 73.9 Å². The molecule has 1 aliphatic carbocycles. The van der Waals surface area contributed by atoms with E-state index in [-0.39, 0.29) is 29.8 Å². The van der Waals surface area contributed by atoms with Gasteiger partial charge in [-0.25, -0.2) is 0 Å². The van der Waals surface area contributed by atoms with Crippen molar-refractivity contribution in [2.45, 2.75) is 76.4 Å². The van der Waals surface area contributed by atoms with Gasteiger partial charge >= 0.3 is 0 Å². The molecule has 4 rings (SSSR count). The zero-order chi connectivity index (χ0) is 23.9. The van der Waals surface area contributed by atoms with E-state index in [1.807, 2.05) is 17.9 Å². The van der Waals surface area contributed by atoms with Crippen LogP contribution in [0.2, 0.25) is 0 Å². The van der Waals surface area contributed by atoms with Crippen LogP contribution >= 0.6 is 0 Å². The summed E-state index contributed by atoms with van der Waals surface area (Å²) < 4.78 is 0. The summed E-state index contributed by atoms with van der Waals surface area (Å²) in [5, 5.41) is 6.14. The van der Waals surface area contributed by atoms with E-state index in [1.165, 1.54) is 23.1 Å². The molecule has 5 heteroatoms. The monoisotopic (exact) mass is 461 g/mol. The molecule has 0 bridgehead atoms. The molecule has 1 saturated carbocycles. The lowest BCUT2D eigenvalue weighted by molar-refractivity contribution is -0.139. The summed E-state index contributed by atoms with van der Waals surface area (Å²) in [5.41, 5.74) is 3.76. The SMILES string of the molecule is CN[C@@H](C)C(=O)N[C@H](C(=O)N1CCCC1c1cccc(Cc2ccccc2)c1)C1CCCCC1. The van der Waals surface area contributed by atoms with E-state index in [1.54, 1.807) is 7.05 Å². The number of likely N-dealkylation sites (N-methyl/N-ethyl adjacent to an activating group) is 1. The van der Waals surface area contributed by atoms with E-state index in [0.29, 0.717) is 0 Å². The average molecular weight is 462 g/mol. The third-order valence-electron chi connectivity index (χ3n) is 7.63. The van der Waals surface area contributed by atoms with Gasteiger partial charge in [-0.2, -0.15) is 0 Å². The zero-order valence-corrected chi connectivity index (χ0v) is 20.6. The van der Waals surface area contributed by atoms with Crippen LogP contribution in [0.3, 0.4) is 0 Å². The van der Waals surface area contributed by atoms with E-state index in [2.05, 4.69) is 59.2 Å². The molecule has 2 aromatic rings. The molecule has 3 atom stereocenters. The fraction of sp³-hybridized carbons (Fsp3) is 0.517. The van der Waals surface area contributed by atoms with Gasteiger partial charge in [0.15, 0.2) is 0 Å². The molecule has 2 N–H and O–H groups in total. The summed E-state index contributed by atoms with van der Waals surface area (Å²) in [6.45, 7) is 2.60. The summed E-state index contributed by atoms with van der Waals surface area (Å²) in [7, 11) is 1.78. The van der Waals surface area contributed by atoms with Crippen LogP contribution in [0.25, 0.3) is 0 Å². The molecule has 34 heavy (non-hydrogen) atoms. The molecule has 0 spiro atoms. The normalized spacial score (nSPS) is 20.6. The summed E-state index contributed by atoms with van der Waals surface area (Å²) >= 11 is 0. The van der Waals surface area contributed by atoms with Crippen LogP contribution in [-0.4, -0.2) is 42.4 Å². The maximum absolute atomic E-state index is 13.9. The van der Waals surface area contributed by atoms with Crippen LogP contribution in [0.15, 0.2) is 54.6 Å². The maximum atomic E-state index is 13.9. The molecule has 2 aliphatic rings. The summed E-state index contributed by atoms with van der Waals surface area (Å²) in [5.74, 6) is 0.228. The van der Waals surface area contributed by atoms with E-state index in [9.17, 15) is 9.59 Å². The van der Waals surface area contributed by atoms with Crippen LogP contribution in [0.4, 0.5) is 0 Å². The van der Waals surface area contributed by atoms with Gasteiger partial charge in [0.05, 0.1) is 12.1 Å². The Morgan fingerprint density at radius 2 is 1.68 bits per heavy atom.